The number of hydrogen-bond acceptors (Lipinski definition) is 5. The van der Waals surface area contributed by atoms with Gasteiger partial charge in [-0.25, -0.2) is 9.97 Å². The monoisotopic (exact) mass is 266 g/mol. The van der Waals surface area contributed by atoms with Crippen molar-refractivity contribution in [1.82, 2.24) is 15.3 Å². The Morgan fingerprint density at radius 3 is 3.06 bits per heavy atom. The minimum Gasteiger partial charge on any atom is -0.354 e. The van der Waals surface area contributed by atoms with Gasteiger partial charge in [-0.1, -0.05) is 0 Å². The first-order valence-electron chi connectivity index (χ1n) is 6.17. The molecule has 1 aliphatic heterocycles. The highest BCUT2D eigenvalue weighted by Gasteiger charge is 2.19. The number of carbonyl (C=O) groups excluding carboxylic acids is 1. The molecule has 2 heterocycles. The topological polar surface area (TPSA) is 66.9 Å². The Bertz CT molecular complexity index is 432. The fourth-order valence-corrected chi connectivity index (χ4v) is 2.98. The molecule has 1 aromatic rings. The van der Waals surface area contributed by atoms with Gasteiger partial charge in [-0.2, -0.15) is 11.8 Å². The van der Waals surface area contributed by atoms with Gasteiger partial charge < -0.3 is 10.6 Å². The number of amides is 1. The van der Waals surface area contributed by atoms with Crippen molar-refractivity contribution in [2.75, 3.05) is 23.4 Å². The van der Waals surface area contributed by atoms with Gasteiger partial charge in [0.05, 0.1) is 0 Å². The lowest BCUT2D eigenvalue weighted by Crippen LogP contribution is -2.35. The summed E-state index contributed by atoms with van der Waals surface area (Å²) in [5.74, 6) is 2.53. The fraction of sp³-hybridized carbons (Fsp3) is 0.583. The van der Waals surface area contributed by atoms with Gasteiger partial charge in [-0.3, -0.25) is 4.79 Å². The van der Waals surface area contributed by atoms with Crippen molar-refractivity contribution < 1.29 is 4.79 Å². The number of thioether (sulfide) groups is 1. The number of rotatable bonds is 4. The molecule has 1 aromatic heterocycles. The molecule has 2 rings (SSSR count). The zero-order valence-corrected chi connectivity index (χ0v) is 11.5. The lowest BCUT2D eigenvalue weighted by Gasteiger charge is -2.11. The standard InChI is InChI=1S/C12H18N4OS/c1-3-13-12-14-8(2)6-10(16-12)11(17)15-9-4-5-18-7-9/h6,9H,3-5,7H2,1-2H3,(H,15,17)(H,13,14,16). The Hall–Kier alpha value is -1.30. The summed E-state index contributed by atoms with van der Waals surface area (Å²) in [7, 11) is 0. The molecule has 5 nitrogen and oxygen atoms in total. The third-order valence-corrected chi connectivity index (χ3v) is 3.85. The quantitative estimate of drug-likeness (QED) is 0.863. The maximum Gasteiger partial charge on any atom is 0.270 e. The maximum atomic E-state index is 12.1. The van der Waals surface area contributed by atoms with Crippen molar-refractivity contribution in [1.29, 1.82) is 0 Å². The van der Waals surface area contributed by atoms with Crippen LogP contribution in [0.25, 0.3) is 0 Å². The highest BCUT2D eigenvalue weighted by molar-refractivity contribution is 7.99. The van der Waals surface area contributed by atoms with Crippen LogP contribution < -0.4 is 10.6 Å². The minimum absolute atomic E-state index is 0.104. The largest absolute Gasteiger partial charge is 0.354 e. The van der Waals surface area contributed by atoms with Gasteiger partial charge >= 0.3 is 0 Å². The molecule has 1 amide bonds. The van der Waals surface area contributed by atoms with Crippen molar-refractivity contribution in [2.45, 2.75) is 26.3 Å². The molecule has 1 unspecified atom stereocenters. The molecule has 0 radical (unpaired) electrons. The van der Waals surface area contributed by atoms with E-state index in [0.717, 1.165) is 30.2 Å². The van der Waals surface area contributed by atoms with Crippen LogP contribution in [-0.4, -0.2) is 40.0 Å². The van der Waals surface area contributed by atoms with Crippen LogP contribution in [0.15, 0.2) is 6.07 Å². The number of carbonyl (C=O) groups is 1. The fourth-order valence-electron chi connectivity index (χ4n) is 1.83. The van der Waals surface area contributed by atoms with Crippen molar-refractivity contribution in [3.63, 3.8) is 0 Å². The summed E-state index contributed by atoms with van der Waals surface area (Å²) < 4.78 is 0. The van der Waals surface area contributed by atoms with E-state index in [0.29, 0.717) is 11.6 Å². The lowest BCUT2D eigenvalue weighted by atomic mass is 10.2. The summed E-state index contributed by atoms with van der Waals surface area (Å²) in [5.41, 5.74) is 1.24. The number of nitrogens with one attached hydrogen (secondary N) is 2. The first-order chi connectivity index (χ1) is 8.69. The van der Waals surface area contributed by atoms with E-state index in [1.54, 1.807) is 6.07 Å². The highest BCUT2D eigenvalue weighted by atomic mass is 32.2. The Labute approximate surface area is 111 Å². The Kier molecular flexibility index (Phi) is 4.41. The van der Waals surface area contributed by atoms with Gasteiger partial charge in [0.1, 0.15) is 5.69 Å². The van der Waals surface area contributed by atoms with E-state index in [1.165, 1.54) is 0 Å². The van der Waals surface area contributed by atoms with Crippen LogP contribution in [0.5, 0.6) is 0 Å². The van der Waals surface area contributed by atoms with Gasteiger partial charge in [-0.15, -0.1) is 0 Å². The Morgan fingerprint density at radius 2 is 2.39 bits per heavy atom. The Morgan fingerprint density at radius 1 is 1.56 bits per heavy atom. The normalized spacial score (nSPS) is 18.7. The van der Waals surface area contributed by atoms with Crippen LogP contribution in [0.4, 0.5) is 5.95 Å². The molecule has 1 fully saturated rings. The SMILES string of the molecule is CCNc1nc(C)cc(C(=O)NC2CCSC2)n1. The average molecular weight is 266 g/mol. The van der Waals surface area contributed by atoms with Crippen molar-refractivity contribution >= 4 is 23.6 Å². The van der Waals surface area contributed by atoms with Gasteiger partial charge in [0.2, 0.25) is 5.95 Å². The number of anilines is 1. The van der Waals surface area contributed by atoms with E-state index < -0.39 is 0 Å². The molecular weight excluding hydrogens is 248 g/mol. The number of aromatic nitrogens is 2. The molecule has 0 aromatic carbocycles. The molecular formula is C12H18N4OS. The summed E-state index contributed by atoms with van der Waals surface area (Å²) in [6.45, 7) is 4.58. The zero-order valence-electron chi connectivity index (χ0n) is 10.7. The summed E-state index contributed by atoms with van der Waals surface area (Å²) in [6.07, 6.45) is 1.04. The minimum atomic E-state index is -0.104. The first-order valence-corrected chi connectivity index (χ1v) is 7.32. The molecule has 2 N–H and O–H groups in total. The van der Waals surface area contributed by atoms with Crippen molar-refractivity contribution in [3.05, 3.63) is 17.5 Å². The molecule has 0 saturated carbocycles. The van der Waals surface area contributed by atoms with Crippen LogP contribution in [0.2, 0.25) is 0 Å². The Balaban J connectivity index is 2.08. The second kappa shape index (κ2) is 6.04. The van der Waals surface area contributed by atoms with E-state index in [-0.39, 0.29) is 11.9 Å². The van der Waals surface area contributed by atoms with Crippen LogP contribution >= 0.6 is 11.8 Å². The summed E-state index contributed by atoms with van der Waals surface area (Å²) in [6, 6.07) is 2.00. The van der Waals surface area contributed by atoms with Crippen LogP contribution in [0.3, 0.4) is 0 Å². The summed E-state index contributed by atoms with van der Waals surface area (Å²) in [5, 5.41) is 6.04. The summed E-state index contributed by atoms with van der Waals surface area (Å²) in [4.78, 5) is 20.5. The van der Waals surface area contributed by atoms with E-state index >= 15 is 0 Å². The van der Waals surface area contributed by atoms with Crippen molar-refractivity contribution in [3.8, 4) is 0 Å². The van der Waals surface area contributed by atoms with Crippen LogP contribution in [-0.2, 0) is 0 Å². The van der Waals surface area contributed by atoms with E-state index in [9.17, 15) is 4.79 Å². The first kappa shape index (κ1) is 13.1. The van der Waals surface area contributed by atoms with Gasteiger partial charge in [0.25, 0.3) is 5.91 Å². The maximum absolute atomic E-state index is 12.1. The lowest BCUT2D eigenvalue weighted by molar-refractivity contribution is 0.0936. The summed E-state index contributed by atoms with van der Waals surface area (Å²) >= 11 is 1.87. The molecule has 0 aliphatic carbocycles. The zero-order chi connectivity index (χ0) is 13.0. The molecule has 6 heteroatoms. The van der Waals surface area contributed by atoms with Gasteiger partial charge in [0, 0.05) is 24.0 Å². The molecule has 1 aliphatic rings. The number of aryl methyl sites for hydroxylation is 1. The molecule has 18 heavy (non-hydrogen) atoms. The second-order valence-corrected chi connectivity index (χ2v) is 5.43. The molecule has 0 bridgehead atoms. The molecule has 1 atom stereocenters. The van der Waals surface area contributed by atoms with Crippen LogP contribution in [0, 0.1) is 6.92 Å². The third-order valence-electron chi connectivity index (χ3n) is 2.69. The second-order valence-electron chi connectivity index (χ2n) is 4.28. The molecule has 98 valence electrons. The number of nitrogens with zero attached hydrogens (tertiary/aromatic N) is 2. The predicted molar refractivity (Wildman–Crippen MR) is 74.1 cm³/mol. The molecule has 1 saturated heterocycles. The van der Waals surface area contributed by atoms with Crippen molar-refractivity contribution in [2.24, 2.45) is 0 Å². The van der Waals surface area contributed by atoms with E-state index in [4.69, 9.17) is 0 Å². The molecule has 0 spiro atoms. The smallest absolute Gasteiger partial charge is 0.270 e. The number of hydrogen-bond donors (Lipinski definition) is 2. The average Bonchev–Trinajstić information content (AvgIpc) is 2.81. The highest BCUT2D eigenvalue weighted by Crippen LogP contribution is 2.17. The van der Waals surface area contributed by atoms with Gasteiger partial charge in [0.15, 0.2) is 0 Å². The predicted octanol–water partition coefficient (Wildman–Crippen LogP) is 1.45. The van der Waals surface area contributed by atoms with E-state index in [2.05, 4.69) is 20.6 Å². The van der Waals surface area contributed by atoms with Gasteiger partial charge in [-0.05, 0) is 32.1 Å². The van der Waals surface area contributed by atoms with E-state index in [1.807, 2.05) is 25.6 Å². The third kappa shape index (κ3) is 3.35. The van der Waals surface area contributed by atoms with Crippen LogP contribution in [0.1, 0.15) is 29.5 Å².